The lowest BCUT2D eigenvalue weighted by Gasteiger charge is -2.15. The van der Waals surface area contributed by atoms with Crippen LogP contribution in [-0.2, 0) is 11.3 Å². The van der Waals surface area contributed by atoms with Crippen molar-refractivity contribution in [2.75, 3.05) is 6.54 Å². The van der Waals surface area contributed by atoms with Crippen LogP contribution in [0, 0.1) is 19.8 Å². The molecule has 1 aromatic rings. The molecule has 20 heavy (non-hydrogen) atoms. The van der Waals surface area contributed by atoms with E-state index >= 15 is 0 Å². The second-order valence-electron chi connectivity index (χ2n) is 5.62. The number of carbonyl (C=O) groups is 1. The lowest BCUT2D eigenvalue weighted by atomic mass is 10.2. The Kier molecular flexibility index (Phi) is 6.59. The first-order valence-electron chi connectivity index (χ1n) is 7.34. The predicted octanol–water partition coefficient (Wildman–Crippen LogP) is 3.16. The Balaban J connectivity index is 2.81. The Hall–Kier alpha value is -0.970. The van der Waals surface area contributed by atoms with Crippen LogP contribution in [-0.4, -0.2) is 27.3 Å². The van der Waals surface area contributed by atoms with Crippen molar-refractivity contribution in [2.45, 2.75) is 64.9 Å². The van der Waals surface area contributed by atoms with Gasteiger partial charge in [-0.2, -0.15) is 0 Å². The zero-order chi connectivity index (χ0) is 15.3. The van der Waals surface area contributed by atoms with Gasteiger partial charge >= 0.3 is 0 Å². The van der Waals surface area contributed by atoms with Gasteiger partial charge in [0.1, 0.15) is 0 Å². The van der Waals surface area contributed by atoms with E-state index in [0.717, 1.165) is 30.4 Å². The van der Waals surface area contributed by atoms with Crippen LogP contribution >= 0.6 is 11.8 Å². The Morgan fingerprint density at radius 1 is 1.35 bits per heavy atom. The van der Waals surface area contributed by atoms with Gasteiger partial charge in [-0.05, 0) is 33.1 Å². The maximum atomic E-state index is 12.0. The van der Waals surface area contributed by atoms with E-state index in [0.29, 0.717) is 5.92 Å². The fourth-order valence-electron chi connectivity index (χ4n) is 1.90. The molecule has 0 bridgehead atoms. The molecule has 1 unspecified atom stereocenters. The summed E-state index contributed by atoms with van der Waals surface area (Å²) in [5.41, 5.74) is 2.25. The average Bonchev–Trinajstić information content (AvgIpc) is 2.63. The van der Waals surface area contributed by atoms with Crippen molar-refractivity contribution in [3.63, 3.8) is 0 Å². The molecular formula is C15H27N3OS. The Morgan fingerprint density at radius 2 is 2.00 bits per heavy atom. The van der Waals surface area contributed by atoms with Crippen molar-refractivity contribution < 1.29 is 4.79 Å². The van der Waals surface area contributed by atoms with Gasteiger partial charge in [-0.25, -0.2) is 4.98 Å². The molecule has 0 saturated carbocycles. The summed E-state index contributed by atoms with van der Waals surface area (Å²) in [7, 11) is 0. The van der Waals surface area contributed by atoms with E-state index in [1.807, 2.05) is 13.8 Å². The van der Waals surface area contributed by atoms with Gasteiger partial charge in [-0.3, -0.25) is 4.79 Å². The number of rotatable bonds is 7. The lowest BCUT2D eigenvalue weighted by Crippen LogP contribution is -2.31. The van der Waals surface area contributed by atoms with Crippen LogP contribution in [0.1, 0.15) is 45.5 Å². The zero-order valence-corrected chi connectivity index (χ0v) is 14.3. The summed E-state index contributed by atoms with van der Waals surface area (Å²) >= 11 is 1.55. The van der Waals surface area contributed by atoms with E-state index < -0.39 is 0 Å². The van der Waals surface area contributed by atoms with Crippen LogP contribution in [0.15, 0.2) is 5.16 Å². The molecule has 1 aromatic heterocycles. The molecule has 0 fully saturated rings. The number of amides is 1. The van der Waals surface area contributed by atoms with E-state index in [-0.39, 0.29) is 11.2 Å². The van der Waals surface area contributed by atoms with Crippen molar-refractivity contribution in [1.82, 2.24) is 14.9 Å². The number of hydrogen-bond donors (Lipinski definition) is 1. The van der Waals surface area contributed by atoms with Crippen molar-refractivity contribution in [3.8, 4) is 0 Å². The third kappa shape index (κ3) is 4.54. The van der Waals surface area contributed by atoms with Crippen molar-refractivity contribution in [1.29, 1.82) is 0 Å². The first-order chi connectivity index (χ1) is 9.36. The molecule has 1 amide bonds. The normalized spacial score (nSPS) is 12.8. The molecule has 1 N–H and O–H groups in total. The monoisotopic (exact) mass is 297 g/mol. The Bertz CT molecular complexity index is 454. The number of hydrogen-bond acceptors (Lipinski definition) is 3. The van der Waals surface area contributed by atoms with Crippen molar-refractivity contribution >= 4 is 17.7 Å². The molecule has 0 spiro atoms. The fraction of sp³-hybridized carbons (Fsp3) is 0.733. The van der Waals surface area contributed by atoms with Gasteiger partial charge in [0.25, 0.3) is 0 Å². The number of aromatic nitrogens is 2. The molecular weight excluding hydrogens is 270 g/mol. The van der Waals surface area contributed by atoms with Crippen LogP contribution < -0.4 is 5.32 Å². The molecule has 0 aliphatic rings. The second kappa shape index (κ2) is 7.72. The number of nitrogens with zero attached hydrogens (tertiary/aromatic N) is 2. The van der Waals surface area contributed by atoms with Crippen molar-refractivity contribution in [2.24, 2.45) is 5.92 Å². The quantitative estimate of drug-likeness (QED) is 0.786. The molecule has 5 heteroatoms. The van der Waals surface area contributed by atoms with Crippen molar-refractivity contribution in [3.05, 3.63) is 11.4 Å². The standard InChI is InChI=1S/C15H27N3OS/c1-7-8-16-14(19)13(6)20-15-17-11(4)12(5)18(15)9-10(2)3/h10,13H,7-9H2,1-6H3,(H,16,19). The largest absolute Gasteiger partial charge is 0.355 e. The minimum absolute atomic E-state index is 0.0891. The zero-order valence-electron chi connectivity index (χ0n) is 13.5. The van der Waals surface area contributed by atoms with E-state index in [4.69, 9.17) is 0 Å². The maximum Gasteiger partial charge on any atom is 0.233 e. The molecule has 1 heterocycles. The minimum Gasteiger partial charge on any atom is -0.355 e. The highest BCUT2D eigenvalue weighted by molar-refractivity contribution is 8.00. The molecule has 0 aliphatic carbocycles. The van der Waals surface area contributed by atoms with Crippen LogP contribution in [0.2, 0.25) is 0 Å². The molecule has 1 rings (SSSR count). The highest BCUT2D eigenvalue weighted by atomic mass is 32.2. The first-order valence-corrected chi connectivity index (χ1v) is 8.22. The molecule has 4 nitrogen and oxygen atoms in total. The molecule has 0 radical (unpaired) electrons. The molecule has 0 aromatic carbocycles. The summed E-state index contributed by atoms with van der Waals surface area (Å²) in [5.74, 6) is 0.650. The van der Waals surface area contributed by atoms with E-state index in [1.165, 1.54) is 5.69 Å². The van der Waals surface area contributed by atoms with Gasteiger partial charge in [0.05, 0.1) is 10.9 Å². The summed E-state index contributed by atoms with van der Waals surface area (Å²) in [6, 6.07) is 0. The van der Waals surface area contributed by atoms with Crippen LogP contribution in [0.4, 0.5) is 0 Å². The summed E-state index contributed by atoms with van der Waals surface area (Å²) < 4.78 is 2.23. The SMILES string of the molecule is CCCNC(=O)C(C)Sc1nc(C)c(C)n1CC(C)C. The topological polar surface area (TPSA) is 46.9 Å². The summed E-state index contributed by atoms with van der Waals surface area (Å²) in [6.07, 6.45) is 0.962. The second-order valence-corrected chi connectivity index (χ2v) is 6.93. The van der Waals surface area contributed by atoms with Crippen LogP contribution in [0.3, 0.4) is 0 Å². The first kappa shape index (κ1) is 17.1. The smallest absolute Gasteiger partial charge is 0.233 e. The van der Waals surface area contributed by atoms with Gasteiger partial charge in [-0.15, -0.1) is 0 Å². The number of aryl methyl sites for hydroxylation is 1. The summed E-state index contributed by atoms with van der Waals surface area (Å²) in [4.78, 5) is 16.6. The number of thioether (sulfide) groups is 1. The molecule has 0 saturated heterocycles. The molecule has 0 aliphatic heterocycles. The van der Waals surface area contributed by atoms with Gasteiger partial charge in [0, 0.05) is 18.8 Å². The fourth-order valence-corrected chi connectivity index (χ4v) is 2.93. The molecule has 114 valence electrons. The van der Waals surface area contributed by atoms with Crippen LogP contribution in [0.5, 0.6) is 0 Å². The number of carbonyl (C=O) groups excluding carboxylic acids is 1. The highest BCUT2D eigenvalue weighted by Gasteiger charge is 2.19. The third-order valence-electron chi connectivity index (χ3n) is 3.17. The van der Waals surface area contributed by atoms with Gasteiger partial charge < -0.3 is 9.88 Å². The number of nitrogens with one attached hydrogen (secondary N) is 1. The molecule has 1 atom stereocenters. The predicted molar refractivity (Wildman–Crippen MR) is 85.2 cm³/mol. The average molecular weight is 297 g/mol. The maximum absolute atomic E-state index is 12.0. The van der Waals surface area contributed by atoms with Gasteiger partial charge in [0.2, 0.25) is 5.91 Å². The third-order valence-corrected chi connectivity index (χ3v) is 4.26. The van der Waals surface area contributed by atoms with Gasteiger partial charge in [0.15, 0.2) is 5.16 Å². The lowest BCUT2D eigenvalue weighted by molar-refractivity contribution is -0.120. The highest BCUT2D eigenvalue weighted by Crippen LogP contribution is 2.26. The summed E-state index contributed by atoms with van der Waals surface area (Å²) in [5, 5.41) is 3.77. The summed E-state index contributed by atoms with van der Waals surface area (Å²) in [6.45, 7) is 14.2. The van der Waals surface area contributed by atoms with Gasteiger partial charge in [-0.1, -0.05) is 32.5 Å². The van der Waals surface area contributed by atoms with E-state index in [2.05, 4.69) is 42.6 Å². The number of imidazole rings is 1. The van der Waals surface area contributed by atoms with Crippen LogP contribution in [0.25, 0.3) is 0 Å². The Morgan fingerprint density at radius 3 is 2.55 bits per heavy atom. The van der Waals surface area contributed by atoms with E-state index in [1.54, 1.807) is 11.8 Å². The Labute approximate surface area is 126 Å². The van der Waals surface area contributed by atoms with E-state index in [9.17, 15) is 4.79 Å². The minimum atomic E-state index is -0.117.